The maximum atomic E-state index is 12.5. The molecular weight excluding hydrogens is 282 g/mol. The van der Waals surface area contributed by atoms with Gasteiger partial charge in [0.15, 0.2) is 0 Å². The molecule has 0 bridgehead atoms. The fourth-order valence-electron chi connectivity index (χ4n) is 2.16. The third-order valence-electron chi connectivity index (χ3n) is 3.02. The molecule has 1 fully saturated rings. The van der Waals surface area contributed by atoms with Gasteiger partial charge in [0.1, 0.15) is 10.7 Å². The molecule has 0 spiro atoms. The van der Waals surface area contributed by atoms with E-state index in [1.54, 1.807) is 23.5 Å². The van der Waals surface area contributed by atoms with E-state index in [1.807, 2.05) is 11.8 Å². The van der Waals surface area contributed by atoms with Gasteiger partial charge in [-0.3, -0.25) is 0 Å². The van der Waals surface area contributed by atoms with E-state index in [2.05, 4.69) is 24.1 Å². The van der Waals surface area contributed by atoms with E-state index in [9.17, 15) is 8.42 Å². The molecule has 1 aromatic heterocycles. The highest BCUT2D eigenvalue weighted by atomic mass is 32.2. The normalized spacial score (nSPS) is 25.2. The summed E-state index contributed by atoms with van der Waals surface area (Å²) in [5.74, 6) is 0.662. The summed E-state index contributed by atoms with van der Waals surface area (Å²) in [7, 11) is -1.67. The van der Waals surface area contributed by atoms with Crippen LogP contribution in [0.4, 0.5) is 5.82 Å². The maximum Gasteiger partial charge on any atom is 0.244 e. The number of hydrogen-bond donors (Lipinski definition) is 1. The minimum atomic E-state index is -3.42. The number of nitrogens with one attached hydrogen (secondary N) is 1. The highest BCUT2D eigenvalue weighted by Gasteiger charge is 2.32. The van der Waals surface area contributed by atoms with Crippen LogP contribution in [0.2, 0.25) is 0 Å². The second-order valence-corrected chi connectivity index (χ2v) is 8.53. The first-order chi connectivity index (χ1) is 8.93. The molecule has 0 amide bonds. The van der Waals surface area contributed by atoms with E-state index >= 15 is 0 Å². The van der Waals surface area contributed by atoms with Crippen molar-refractivity contribution in [2.75, 3.05) is 25.5 Å². The molecule has 1 aliphatic heterocycles. The van der Waals surface area contributed by atoms with Crippen molar-refractivity contribution >= 4 is 27.6 Å². The van der Waals surface area contributed by atoms with Crippen molar-refractivity contribution in [2.24, 2.45) is 0 Å². The predicted molar refractivity (Wildman–Crippen MR) is 79.1 cm³/mol. The molecule has 2 atom stereocenters. The second kappa shape index (κ2) is 5.68. The smallest absolute Gasteiger partial charge is 0.244 e. The largest absolute Gasteiger partial charge is 0.373 e. The Hall–Kier alpha value is -0.790. The van der Waals surface area contributed by atoms with Gasteiger partial charge in [-0.05, 0) is 12.1 Å². The predicted octanol–water partition coefficient (Wildman–Crippen LogP) is 1.64. The zero-order chi connectivity index (χ0) is 14.0. The van der Waals surface area contributed by atoms with Crippen molar-refractivity contribution in [1.82, 2.24) is 9.29 Å². The summed E-state index contributed by atoms with van der Waals surface area (Å²) in [5.41, 5.74) is 0. The number of thioether (sulfide) groups is 1. The van der Waals surface area contributed by atoms with Gasteiger partial charge in [0.2, 0.25) is 10.0 Å². The lowest BCUT2D eigenvalue weighted by Crippen LogP contribution is -2.43. The van der Waals surface area contributed by atoms with E-state index in [0.29, 0.717) is 29.4 Å². The SMILES string of the molecule is CNc1ccc(S(=O)(=O)N2CC(C)SC(C)C2)cn1. The van der Waals surface area contributed by atoms with Gasteiger partial charge in [0.25, 0.3) is 0 Å². The standard InChI is InChI=1S/C12H19N3O2S2/c1-9-7-15(8-10(2)18-9)19(16,17)11-4-5-12(13-3)14-6-11/h4-6,9-10H,7-8H2,1-3H3,(H,13,14). The summed E-state index contributed by atoms with van der Waals surface area (Å²) in [4.78, 5) is 4.34. The Kier molecular flexibility index (Phi) is 4.37. The Bertz CT molecular complexity index is 520. The van der Waals surface area contributed by atoms with Gasteiger partial charge in [0.05, 0.1) is 0 Å². The maximum absolute atomic E-state index is 12.5. The molecule has 106 valence electrons. The van der Waals surface area contributed by atoms with Crippen molar-refractivity contribution in [3.05, 3.63) is 18.3 Å². The fraction of sp³-hybridized carbons (Fsp3) is 0.583. The summed E-state index contributed by atoms with van der Waals surface area (Å²) >= 11 is 1.83. The summed E-state index contributed by atoms with van der Waals surface area (Å²) < 4.78 is 26.6. The first-order valence-corrected chi connectivity index (χ1v) is 8.61. The molecule has 1 aliphatic rings. The van der Waals surface area contributed by atoms with Crippen LogP contribution in [0.5, 0.6) is 0 Å². The number of hydrogen-bond acceptors (Lipinski definition) is 5. The fourth-order valence-corrected chi connectivity index (χ4v) is 5.23. The average molecular weight is 301 g/mol. The van der Waals surface area contributed by atoms with Crippen molar-refractivity contribution < 1.29 is 8.42 Å². The third-order valence-corrected chi connectivity index (χ3v) is 6.06. The molecule has 7 heteroatoms. The molecule has 0 aromatic carbocycles. The molecular formula is C12H19N3O2S2. The van der Waals surface area contributed by atoms with Gasteiger partial charge >= 0.3 is 0 Å². The quantitative estimate of drug-likeness (QED) is 0.919. The minimum absolute atomic E-state index is 0.262. The van der Waals surface area contributed by atoms with Crippen molar-refractivity contribution in [3.8, 4) is 0 Å². The van der Waals surface area contributed by atoms with E-state index in [1.165, 1.54) is 6.20 Å². The van der Waals surface area contributed by atoms with Gasteiger partial charge in [-0.1, -0.05) is 13.8 Å². The highest BCUT2D eigenvalue weighted by molar-refractivity contribution is 8.00. The van der Waals surface area contributed by atoms with Crippen LogP contribution in [0, 0.1) is 0 Å². The highest BCUT2D eigenvalue weighted by Crippen LogP contribution is 2.28. The van der Waals surface area contributed by atoms with Crippen LogP contribution in [0.3, 0.4) is 0 Å². The Morgan fingerprint density at radius 2 is 1.95 bits per heavy atom. The monoisotopic (exact) mass is 301 g/mol. The van der Waals surface area contributed by atoms with Crippen LogP contribution in [-0.4, -0.2) is 48.3 Å². The molecule has 0 saturated carbocycles. The molecule has 1 N–H and O–H groups in total. The van der Waals surface area contributed by atoms with E-state index in [0.717, 1.165) is 0 Å². The summed E-state index contributed by atoms with van der Waals surface area (Å²) in [6.45, 7) is 5.24. The zero-order valence-corrected chi connectivity index (χ0v) is 13.0. The molecule has 19 heavy (non-hydrogen) atoms. The molecule has 1 aromatic rings. The molecule has 5 nitrogen and oxygen atoms in total. The number of rotatable bonds is 3. The molecule has 2 rings (SSSR count). The number of sulfonamides is 1. The molecule has 0 radical (unpaired) electrons. The van der Waals surface area contributed by atoms with Crippen molar-refractivity contribution in [1.29, 1.82) is 0 Å². The molecule has 2 heterocycles. The topological polar surface area (TPSA) is 62.3 Å². The average Bonchev–Trinajstić information content (AvgIpc) is 2.37. The Labute approximate surface area is 118 Å². The van der Waals surface area contributed by atoms with Crippen molar-refractivity contribution in [2.45, 2.75) is 29.2 Å². The van der Waals surface area contributed by atoms with E-state index < -0.39 is 10.0 Å². The Morgan fingerprint density at radius 1 is 1.32 bits per heavy atom. The summed E-state index contributed by atoms with van der Waals surface area (Å²) in [5, 5.41) is 3.52. The zero-order valence-electron chi connectivity index (χ0n) is 11.3. The lowest BCUT2D eigenvalue weighted by atomic mass is 10.4. The lowest BCUT2D eigenvalue weighted by Gasteiger charge is -2.33. The number of aromatic nitrogens is 1. The molecule has 0 aliphatic carbocycles. The van der Waals surface area contributed by atoms with Crippen LogP contribution in [0.1, 0.15) is 13.8 Å². The number of nitrogens with zero attached hydrogens (tertiary/aromatic N) is 2. The number of pyridine rings is 1. The van der Waals surface area contributed by atoms with Gasteiger partial charge in [-0.25, -0.2) is 13.4 Å². The first-order valence-electron chi connectivity index (χ1n) is 6.23. The molecule has 2 unspecified atom stereocenters. The van der Waals surface area contributed by atoms with Gasteiger partial charge < -0.3 is 5.32 Å². The lowest BCUT2D eigenvalue weighted by molar-refractivity contribution is 0.404. The van der Waals surface area contributed by atoms with Gasteiger partial charge in [-0.15, -0.1) is 0 Å². The van der Waals surface area contributed by atoms with Crippen molar-refractivity contribution in [3.63, 3.8) is 0 Å². The minimum Gasteiger partial charge on any atom is -0.373 e. The van der Waals surface area contributed by atoms with Crippen LogP contribution in [0.15, 0.2) is 23.2 Å². The Morgan fingerprint density at radius 3 is 2.42 bits per heavy atom. The first kappa shape index (κ1) is 14.6. The Balaban J connectivity index is 2.25. The number of anilines is 1. The van der Waals surface area contributed by atoms with E-state index in [-0.39, 0.29) is 4.90 Å². The summed E-state index contributed by atoms with van der Waals surface area (Å²) in [6.07, 6.45) is 1.41. The second-order valence-electron chi connectivity index (χ2n) is 4.71. The third kappa shape index (κ3) is 3.21. The van der Waals surface area contributed by atoms with Crippen LogP contribution < -0.4 is 5.32 Å². The van der Waals surface area contributed by atoms with E-state index in [4.69, 9.17) is 0 Å². The molecule has 1 saturated heterocycles. The summed E-state index contributed by atoms with van der Waals surface area (Å²) in [6, 6.07) is 3.28. The van der Waals surface area contributed by atoms with Crippen LogP contribution >= 0.6 is 11.8 Å². The van der Waals surface area contributed by atoms with Crippen LogP contribution in [-0.2, 0) is 10.0 Å². The van der Waals surface area contributed by atoms with Crippen LogP contribution in [0.25, 0.3) is 0 Å². The van der Waals surface area contributed by atoms with Gasteiger partial charge in [-0.2, -0.15) is 16.1 Å². The van der Waals surface area contributed by atoms with Gasteiger partial charge in [0, 0.05) is 36.8 Å².